The number of aryl methyl sites for hydroxylation is 1. The molecule has 3 heterocycles. The van der Waals surface area contributed by atoms with E-state index in [1.165, 1.54) is 15.6 Å². The number of carbonyl (C=O) groups is 1. The van der Waals surface area contributed by atoms with E-state index >= 15 is 0 Å². The first kappa shape index (κ1) is 17.4. The Morgan fingerprint density at radius 3 is 2.86 bits per heavy atom. The number of aromatic nitrogens is 2. The van der Waals surface area contributed by atoms with Crippen molar-refractivity contribution in [3.05, 3.63) is 65.8 Å². The zero-order chi connectivity index (χ0) is 18.9. The Morgan fingerprint density at radius 1 is 1.07 bits per heavy atom. The predicted molar refractivity (Wildman–Crippen MR) is 114 cm³/mol. The third-order valence-corrected chi connectivity index (χ3v) is 6.80. The topological polar surface area (TPSA) is 38.1 Å². The molecule has 0 radical (unpaired) electrons. The summed E-state index contributed by atoms with van der Waals surface area (Å²) >= 11 is 1.73. The van der Waals surface area contributed by atoms with Crippen molar-refractivity contribution in [3.8, 4) is 0 Å². The van der Waals surface area contributed by atoms with E-state index in [1.54, 1.807) is 11.3 Å². The van der Waals surface area contributed by atoms with E-state index in [4.69, 9.17) is 4.98 Å². The molecule has 4 nitrogen and oxygen atoms in total. The van der Waals surface area contributed by atoms with Crippen molar-refractivity contribution < 1.29 is 4.79 Å². The van der Waals surface area contributed by atoms with E-state index in [2.05, 4.69) is 58.1 Å². The second-order valence-corrected chi connectivity index (χ2v) is 8.50. The van der Waals surface area contributed by atoms with Crippen LogP contribution in [0.3, 0.4) is 0 Å². The number of fused-ring (bicyclic) bond motifs is 2. The number of amides is 1. The molecule has 28 heavy (non-hydrogen) atoms. The van der Waals surface area contributed by atoms with E-state index in [-0.39, 0.29) is 11.9 Å². The summed E-state index contributed by atoms with van der Waals surface area (Å²) in [7, 11) is 0. The van der Waals surface area contributed by atoms with Gasteiger partial charge < -0.3 is 9.47 Å². The van der Waals surface area contributed by atoms with Crippen LogP contribution in [0.15, 0.2) is 60.8 Å². The first-order valence-electron chi connectivity index (χ1n) is 9.98. The number of hydrogen-bond acceptors (Lipinski definition) is 3. The molecular weight excluding hydrogens is 366 g/mol. The molecule has 0 spiro atoms. The molecule has 1 amide bonds. The lowest BCUT2D eigenvalue weighted by atomic mass is 10.0. The van der Waals surface area contributed by atoms with Gasteiger partial charge in [0.05, 0.1) is 16.3 Å². The number of carbonyl (C=O) groups excluding carboxylic acids is 1. The summed E-state index contributed by atoms with van der Waals surface area (Å²) in [5.74, 6) is 0.238. The van der Waals surface area contributed by atoms with E-state index in [0.29, 0.717) is 6.42 Å². The normalized spacial score (nSPS) is 17.4. The third kappa shape index (κ3) is 3.20. The average Bonchev–Trinajstić information content (AvgIpc) is 3.36. The summed E-state index contributed by atoms with van der Waals surface area (Å²) in [6, 6.07) is 18.8. The first-order chi connectivity index (χ1) is 13.8. The van der Waals surface area contributed by atoms with E-state index in [9.17, 15) is 4.79 Å². The van der Waals surface area contributed by atoms with Gasteiger partial charge in [0.2, 0.25) is 5.91 Å². The van der Waals surface area contributed by atoms with E-state index < -0.39 is 0 Å². The van der Waals surface area contributed by atoms with Crippen LogP contribution < -0.4 is 0 Å². The van der Waals surface area contributed by atoms with Gasteiger partial charge in [0.1, 0.15) is 5.01 Å². The Hall–Kier alpha value is -2.66. The zero-order valence-corrected chi connectivity index (χ0v) is 16.6. The molecule has 1 saturated heterocycles. The molecule has 142 valence electrons. The molecule has 2 aromatic heterocycles. The van der Waals surface area contributed by atoms with E-state index in [1.807, 2.05) is 12.1 Å². The lowest BCUT2D eigenvalue weighted by Crippen LogP contribution is -2.38. The van der Waals surface area contributed by atoms with E-state index in [0.717, 1.165) is 42.9 Å². The van der Waals surface area contributed by atoms with Crippen LogP contribution >= 0.6 is 11.3 Å². The SMILES string of the molecule is O=C(CCn1ccc2ccccc21)N1CCCC[C@H]1c1nc2ccccc2s1. The maximum absolute atomic E-state index is 13.1. The number of rotatable bonds is 4. The molecule has 1 atom stereocenters. The molecule has 0 unspecified atom stereocenters. The molecule has 4 aromatic rings. The Balaban J connectivity index is 1.34. The highest BCUT2D eigenvalue weighted by molar-refractivity contribution is 7.18. The van der Waals surface area contributed by atoms with Crippen molar-refractivity contribution in [2.24, 2.45) is 0 Å². The Kier molecular flexibility index (Phi) is 4.61. The van der Waals surface area contributed by atoms with Crippen molar-refractivity contribution >= 4 is 38.4 Å². The molecule has 2 aromatic carbocycles. The number of piperidine rings is 1. The van der Waals surface area contributed by atoms with Crippen LogP contribution in [0.5, 0.6) is 0 Å². The van der Waals surface area contributed by atoms with Gasteiger partial charge in [0.15, 0.2) is 0 Å². The fourth-order valence-corrected chi connectivity index (χ4v) is 5.33. The molecule has 5 heteroatoms. The Labute approximate surface area is 168 Å². The minimum absolute atomic E-state index is 0.125. The van der Waals surface area contributed by atoms with Crippen LogP contribution in [-0.4, -0.2) is 26.9 Å². The van der Waals surface area contributed by atoms with Crippen molar-refractivity contribution in [1.82, 2.24) is 14.5 Å². The number of thiazole rings is 1. The van der Waals surface area contributed by atoms with Crippen molar-refractivity contribution in [1.29, 1.82) is 0 Å². The second kappa shape index (κ2) is 7.40. The summed E-state index contributed by atoms with van der Waals surface area (Å²) in [6.45, 7) is 1.56. The van der Waals surface area contributed by atoms with Gasteiger partial charge in [-0.3, -0.25) is 4.79 Å². The highest BCUT2D eigenvalue weighted by atomic mass is 32.1. The van der Waals surface area contributed by atoms with Crippen molar-refractivity contribution in [2.45, 2.75) is 38.3 Å². The smallest absolute Gasteiger partial charge is 0.224 e. The molecule has 1 aliphatic heterocycles. The average molecular weight is 390 g/mol. The fraction of sp³-hybridized carbons (Fsp3) is 0.304. The molecule has 1 aliphatic rings. The Morgan fingerprint density at radius 2 is 1.93 bits per heavy atom. The lowest BCUT2D eigenvalue weighted by Gasteiger charge is -2.34. The zero-order valence-electron chi connectivity index (χ0n) is 15.8. The largest absolute Gasteiger partial charge is 0.347 e. The quantitative estimate of drug-likeness (QED) is 0.469. The third-order valence-electron chi connectivity index (χ3n) is 5.67. The Bertz CT molecular complexity index is 1100. The standard InChI is InChI=1S/C23H23N3OS/c27-22(13-16-25-15-12-17-7-1-3-9-19(17)25)26-14-6-5-10-20(26)23-24-18-8-2-4-11-21(18)28-23/h1-4,7-9,11-12,15,20H,5-6,10,13-14,16H2/t20-/m0/s1. The first-order valence-corrected chi connectivity index (χ1v) is 10.8. The van der Waals surface area contributed by atoms with Crippen LogP contribution in [0.1, 0.15) is 36.7 Å². The predicted octanol–water partition coefficient (Wildman–Crippen LogP) is 5.39. The summed E-state index contributed by atoms with van der Waals surface area (Å²) < 4.78 is 3.39. The van der Waals surface area contributed by atoms with Gasteiger partial charge in [0, 0.05) is 31.2 Å². The van der Waals surface area contributed by atoms with Gasteiger partial charge >= 0.3 is 0 Å². The van der Waals surface area contributed by atoms with Crippen LogP contribution in [-0.2, 0) is 11.3 Å². The number of para-hydroxylation sites is 2. The van der Waals surface area contributed by atoms with Crippen LogP contribution in [0.2, 0.25) is 0 Å². The maximum Gasteiger partial charge on any atom is 0.224 e. The number of hydrogen-bond donors (Lipinski definition) is 0. The number of benzene rings is 2. The van der Waals surface area contributed by atoms with Gasteiger partial charge in [-0.1, -0.05) is 30.3 Å². The number of likely N-dealkylation sites (tertiary alicyclic amines) is 1. The van der Waals surface area contributed by atoms with Gasteiger partial charge in [-0.25, -0.2) is 4.98 Å². The van der Waals surface area contributed by atoms with Gasteiger partial charge in [-0.15, -0.1) is 11.3 Å². The minimum atomic E-state index is 0.125. The van der Waals surface area contributed by atoms with Crippen molar-refractivity contribution in [2.75, 3.05) is 6.54 Å². The summed E-state index contributed by atoms with van der Waals surface area (Å²) in [6.07, 6.45) is 5.86. The van der Waals surface area contributed by atoms with Crippen LogP contribution in [0.4, 0.5) is 0 Å². The minimum Gasteiger partial charge on any atom is -0.347 e. The monoisotopic (exact) mass is 389 g/mol. The maximum atomic E-state index is 13.1. The molecule has 1 fully saturated rings. The van der Waals surface area contributed by atoms with Crippen molar-refractivity contribution in [3.63, 3.8) is 0 Å². The van der Waals surface area contributed by atoms with Gasteiger partial charge in [0.25, 0.3) is 0 Å². The molecule has 0 bridgehead atoms. The molecule has 0 N–H and O–H groups in total. The highest BCUT2D eigenvalue weighted by Gasteiger charge is 2.30. The number of nitrogens with zero attached hydrogens (tertiary/aromatic N) is 3. The summed E-state index contributed by atoms with van der Waals surface area (Å²) in [4.78, 5) is 20.0. The highest BCUT2D eigenvalue weighted by Crippen LogP contribution is 2.36. The lowest BCUT2D eigenvalue weighted by molar-refractivity contribution is -0.135. The summed E-state index contributed by atoms with van der Waals surface area (Å²) in [5.41, 5.74) is 2.23. The fourth-order valence-electron chi connectivity index (χ4n) is 4.21. The molecule has 0 saturated carbocycles. The second-order valence-electron chi connectivity index (χ2n) is 7.44. The van der Waals surface area contributed by atoms with Crippen LogP contribution in [0.25, 0.3) is 21.1 Å². The summed E-state index contributed by atoms with van der Waals surface area (Å²) in [5, 5.41) is 2.31. The van der Waals surface area contributed by atoms with Crippen LogP contribution in [0, 0.1) is 0 Å². The molecular formula is C23H23N3OS. The molecule has 0 aliphatic carbocycles. The molecule has 5 rings (SSSR count). The van der Waals surface area contributed by atoms with Gasteiger partial charge in [-0.05, 0) is 48.9 Å². The van der Waals surface area contributed by atoms with Gasteiger partial charge in [-0.2, -0.15) is 0 Å².